The standard InChI is InChI=1S/C10H20.C10H18.2C10H14.C9H18.C9H20.C8H18.C7H16.C2H6/c4*1-9(2)8-10-6-4-3-5-7-10;1-8(2)7-9-5-3-4-6-9;1-5-7-9(6-2)8(3)4;1-5-6-8(4)7(2)3;1-5-7(4)6(2)3;1-2/h9-10H,3-8H2,1-2H3;6,9H,3-5,7-8H2,1-2H3;2*3-7,9H,8H2,1-2H3;8-9H,3-7H2,1-2H3;8-9H,5-7H2,1-4H3;7-8H,5-6H2,1-4H3;6-7H,5H2,1-4H3;1-2H3. The summed E-state index contributed by atoms with van der Waals surface area (Å²) in [5.74, 6) is 11.8. The molecule has 0 saturated heterocycles. The van der Waals surface area contributed by atoms with E-state index in [9.17, 15) is 0 Å². The summed E-state index contributed by atoms with van der Waals surface area (Å²) in [5.41, 5.74) is 4.59. The lowest BCUT2D eigenvalue weighted by Gasteiger charge is -2.22. The first-order valence-corrected chi connectivity index (χ1v) is 33.3. The second-order valence-electron chi connectivity index (χ2n) is 26.6. The molecule has 2 fully saturated rings. The minimum Gasteiger partial charge on any atom is -0.0853 e. The fourth-order valence-electron chi connectivity index (χ4n) is 10.4. The molecule has 0 spiro atoms. The van der Waals surface area contributed by atoms with Crippen molar-refractivity contribution in [2.24, 2.45) is 76.9 Å². The summed E-state index contributed by atoms with van der Waals surface area (Å²) in [6.45, 7) is 54.4. The summed E-state index contributed by atoms with van der Waals surface area (Å²) in [7, 11) is 0. The molecule has 0 N–H and O–H groups in total. The van der Waals surface area contributed by atoms with Crippen LogP contribution in [0, 0.1) is 76.9 Å². The van der Waals surface area contributed by atoms with E-state index in [1.165, 1.54) is 165 Å². The van der Waals surface area contributed by atoms with Crippen LogP contribution in [0.25, 0.3) is 0 Å². The molecular weight excluding hydrogens is 901 g/mol. The van der Waals surface area contributed by atoms with Crippen LogP contribution in [-0.4, -0.2) is 0 Å². The Hall–Kier alpha value is -1.82. The molecule has 3 aliphatic rings. The van der Waals surface area contributed by atoms with E-state index < -0.39 is 0 Å². The highest BCUT2D eigenvalue weighted by Gasteiger charge is 2.16. The second kappa shape index (κ2) is 55.5. The highest BCUT2D eigenvalue weighted by Crippen LogP contribution is 2.30. The first-order chi connectivity index (χ1) is 35.5. The quantitative estimate of drug-likeness (QED) is 0.123. The van der Waals surface area contributed by atoms with Crippen LogP contribution >= 0.6 is 0 Å². The Morgan fingerprint density at radius 2 is 0.773 bits per heavy atom. The summed E-state index contributed by atoms with van der Waals surface area (Å²) in [5, 5.41) is 0. The van der Waals surface area contributed by atoms with Crippen LogP contribution in [0.5, 0.6) is 0 Å². The lowest BCUT2D eigenvalue weighted by Crippen LogP contribution is -2.08. The van der Waals surface area contributed by atoms with Crippen molar-refractivity contribution in [2.45, 2.75) is 320 Å². The van der Waals surface area contributed by atoms with Crippen LogP contribution in [0.15, 0.2) is 72.3 Å². The SMILES string of the molecule is CC.CC(C)CC1=CCCCC1.CC(C)CC1CCCC1.CC(C)CC1CCCCC1.CC(C)Cc1ccccc1.CC(C)Cc1ccccc1.CCC(C)C(C)C.CCCC(C)C(C)C.CCCC(CC)C(C)C. The van der Waals surface area contributed by atoms with Gasteiger partial charge in [0.15, 0.2) is 0 Å². The smallest absolute Gasteiger partial charge is 0.0256 e. The minimum atomic E-state index is 0.766. The highest BCUT2D eigenvalue weighted by molar-refractivity contribution is 5.15. The Morgan fingerprint density at radius 3 is 1.01 bits per heavy atom. The normalized spacial score (nSPS) is 15.6. The molecule has 2 aromatic rings. The Labute approximate surface area is 478 Å². The van der Waals surface area contributed by atoms with Crippen molar-refractivity contribution in [2.75, 3.05) is 0 Å². The summed E-state index contributed by atoms with van der Waals surface area (Å²) in [4.78, 5) is 0. The predicted octanol–water partition coefficient (Wildman–Crippen LogP) is 26.4. The largest absolute Gasteiger partial charge is 0.0853 e. The fourth-order valence-corrected chi connectivity index (χ4v) is 10.4. The van der Waals surface area contributed by atoms with E-state index in [1.54, 1.807) is 5.57 Å². The Bertz CT molecular complexity index is 1330. The molecular formula is C75H144. The monoisotopic (exact) mass is 1050 g/mol. The lowest BCUT2D eigenvalue weighted by atomic mass is 9.84. The highest BCUT2D eigenvalue weighted by atomic mass is 14.2. The molecule has 3 atom stereocenters. The van der Waals surface area contributed by atoms with Gasteiger partial charge in [0.1, 0.15) is 0 Å². The zero-order valence-electron chi connectivity index (χ0n) is 56.3. The fraction of sp³-hybridized carbons (Fsp3) is 0.813. The zero-order chi connectivity index (χ0) is 58.0. The van der Waals surface area contributed by atoms with Crippen molar-refractivity contribution in [3.8, 4) is 0 Å². The van der Waals surface area contributed by atoms with Crippen LogP contribution < -0.4 is 0 Å². The maximum Gasteiger partial charge on any atom is -0.0256 e. The predicted molar refractivity (Wildman–Crippen MR) is 351 cm³/mol. The number of rotatable bonds is 19. The van der Waals surface area contributed by atoms with E-state index in [-0.39, 0.29) is 0 Å². The molecule has 3 aliphatic carbocycles. The second-order valence-corrected chi connectivity index (χ2v) is 26.6. The maximum absolute atomic E-state index is 2.45. The van der Waals surface area contributed by atoms with Crippen molar-refractivity contribution < 1.29 is 0 Å². The molecule has 5 rings (SSSR count). The van der Waals surface area contributed by atoms with Crippen molar-refractivity contribution in [3.63, 3.8) is 0 Å². The molecule has 0 amide bonds. The minimum absolute atomic E-state index is 0.766. The van der Waals surface area contributed by atoms with Gasteiger partial charge in [-0.3, -0.25) is 0 Å². The van der Waals surface area contributed by atoms with E-state index >= 15 is 0 Å². The molecule has 444 valence electrons. The number of hydrogen-bond donors (Lipinski definition) is 0. The van der Waals surface area contributed by atoms with Gasteiger partial charge in [-0.25, -0.2) is 0 Å². The third-order valence-electron chi connectivity index (χ3n) is 15.6. The molecule has 75 heavy (non-hydrogen) atoms. The van der Waals surface area contributed by atoms with Gasteiger partial charge in [0.25, 0.3) is 0 Å². The zero-order valence-corrected chi connectivity index (χ0v) is 56.3. The molecule has 0 aromatic heterocycles. The van der Waals surface area contributed by atoms with Crippen molar-refractivity contribution in [1.29, 1.82) is 0 Å². The summed E-state index contributed by atoms with van der Waals surface area (Å²) in [6, 6.07) is 21.2. The Kier molecular flexibility index (Phi) is 58.9. The van der Waals surface area contributed by atoms with Gasteiger partial charge >= 0.3 is 0 Å². The van der Waals surface area contributed by atoms with Crippen molar-refractivity contribution in [1.82, 2.24) is 0 Å². The summed E-state index contributed by atoms with van der Waals surface area (Å²) in [6.07, 6.45) is 36.3. The summed E-state index contributed by atoms with van der Waals surface area (Å²) >= 11 is 0. The van der Waals surface area contributed by atoms with Gasteiger partial charge in [0.05, 0.1) is 0 Å². The lowest BCUT2D eigenvalue weighted by molar-refractivity contribution is 0.305. The van der Waals surface area contributed by atoms with Crippen LogP contribution in [0.1, 0.15) is 319 Å². The molecule has 0 heterocycles. The Morgan fingerprint density at radius 1 is 0.387 bits per heavy atom. The van der Waals surface area contributed by atoms with Gasteiger partial charge in [-0.05, 0) is 146 Å². The van der Waals surface area contributed by atoms with E-state index in [0.717, 1.165) is 76.9 Å². The van der Waals surface area contributed by atoms with Gasteiger partial charge < -0.3 is 0 Å². The maximum atomic E-state index is 2.45. The molecule has 0 nitrogen and oxygen atoms in total. The first kappa shape index (κ1) is 79.7. The molecule has 2 saturated carbocycles. The van der Waals surface area contributed by atoms with Crippen LogP contribution in [0.4, 0.5) is 0 Å². The molecule has 2 aromatic carbocycles. The average Bonchev–Trinajstić information content (AvgIpc) is 3.88. The Balaban J connectivity index is -0.000000383. The topological polar surface area (TPSA) is 0 Å². The molecule has 0 radical (unpaired) electrons. The molecule has 3 unspecified atom stereocenters. The van der Waals surface area contributed by atoms with Gasteiger partial charge in [-0.1, -0.05) is 335 Å². The molecule has 0 heteroatoms. The third kappa shape index (κ3) is 56.7. The van der Waals surface area contributed by atoms with Crippen molar-refractivity contribution >= 4 is 0 Å². The molecule has 0 bridgehead atoms. The van der Waals surface area contributed by atoms with Gasteiger partial charge in [-0.2, -0.15) is 0 Å². The van der Waals surface area contributed by atoms with Crippen LogP contribution in [0.2, 0.25) is 0 Å². The van der Waals surface area contributed by atoms with Crippen molar-refractivity contribution in [3.05, 3.63) is 83.4 Å². The third-order valence-corrected chi connectivity index (χ3v) is 15.6. The number of allylic oxidation sites excluding steroid dienone is 2. The average molecular weight is 1050 g/mol. The summed E-state index contributed by atoms with van der Waals surface area (Å²) < 4.78 is 0. The van der Waals surface area contributed by atoms with E-state index in [0.29, 0.717) is 0 Å². The van der Waals surface area contributed by atoms with Gasteiger partial charge in [-0.15, -0.1) is 0 Å². The first-order valence-electron chi connectivity index (χ1n) is 33.3. The van der Waals surface area contributed by atoms with E-state index in [1.807, 2.05) is 13.8 Å². The van der Waals surface area contributed by atoms with Gasteiger partial charge in [0.2, 0.25) is 0 Å². The number of hydrogen-bond acceptors (Lipinski definition) is 0. The van der Waals surface area contributed by atoms with Crippen LogP contribution in [-0.2, 0) is 12.8 Å². The molecule has 0 aliphatic heterocycles. The van der Waals surface area contributed by atoms with E-state index in [4.69, 9.17) is 0 Å². The van der Waals surface area contributed by atoms with E-state index in [2.05, 4.69) is 219 Å². The van der Waals surface area contributed by atoms with Gasteiger partial charge in [0, 0.05) is 0 Å². The number of benzene rings is 2. The van der Waals surface area contributed by atoms with Crippen LogP contribution in [0.3, 0.4) is 0 Å².